The molecular weight excluding hydrogens is 267 g/mol. The quantitative estimate of drug-likeness (QED) is 0.876. The number of fused-ring (bicyclic) bond motifs is 1. The number of aryl methyl sites for hydroxylation is 1. The molecule has 3 nitrogen and oxygen atoms in total. The molecule has 0 aromatic heterocycles. The average molecular weight is 290 g/mol. The van der Waals surface area contributed by atoms with E-state index in [9.17, 15) is 9.18 Å². The number of halogens is 1. The number of rotatable bonds is 2. The maximum atomic E-state index is 13.7. The summed E-state index contributed by atoms with van der Waals surface area (Å²) in [5.74, 6) is 0.238. The zero-order chi connectivity index (χ0) is 14.8. The average Bonchev–Trinajstić information content (AvgIpc) is 2.50. The van der Waals surface area contributed by atoms with E-state index in [2.05, 4.69) is 10.6 Å². The van der Waals surface area contributed by atoms with E-state index in [0.29, 0.717) is 6.04 Å². The van der Waals surface area contributed by atoms with E-state index in [1.54, 1.807) is 12.1 Å². The molecule has 1 amide bonds. The third-order valence-corrected chi connectivity index (χ3v) is 4.85. The molecule has 1 aliphatic carbocycles. The molecule has 3 unspecified atom stereocenters. The number of hydrogen-bond donors (Lipinski definition) is 2. The van der Waals surface area contributed by atoms with Gasteiger partial charge in [0.15, 0.2) is 0 Å². The highest BCUT2D eigenvalue weighted by Gasteiger charge is 2.34. The van der Waals surface area contributed by atoms with Gasteiger partial charge in [-0.3, -0.25) is 4.79 Å². The Labute approximate surface area is 125 Å². The summed E-state index contributed by atoms with van der Waals surface area (Å²) < 4.78 is 13.7. The van der Waals surface area contributed by atoms with Gasteiger partial charge in [-0.2, -0.15) is 0 Å². The minimum atomic E-state index is -0.375. The third-order valence-electron chi connectivity index (χ3n) is 4.85. The van der Waals surface area contributed by atoms with Gasteiger partial charge in [0.1, 0.15) is 5.82 Å². The fraction of sp³-hybridized carbons (Fsp3) is 0.588. The molecule has 1 aromatic rings. The standard InChI is InChI=1S/C17H23FN2O/c1-11-6-8-13(18)16(10-11)20-17(21)15-9-7-12-4-2-3-5-14(12)19-15/h6,8,10,12,14-15,19H,2-5,7,9H2,1H3,(H,20,21). The van der Waals surface area contributed by atoms with Gasteiger partial charge in [0.2, 0.25) is 5.91 Å². The second-order valence-electron chi connectivity index (χ2n) is 6.42. The lowest BCUT2D eigenvalue weighted by atomic mass is 9.77. The van der Waals surface area contributed by atoms with Crippen LogP contribution in [0.15, 0.2) is 18.2 Å². The van der Waals surface area contributed by atoms with Gasteiger partial charge in [-0.25, -0.2) is 4.39 Å². The van der Waals surface area contributed by atoms with Crippen molar-refractivity contribution >= 4 is 11.6 Å². The predicted molar refractivity (Wildman–Crippen MR) is 81.7 cm³/mol. The number of amides is 1. The Balaban J connectivity index is 1.64. The van der Waals surface area contributed by atoms with Crippen LogP contribution in [-0.2, 0) is 4.79 Å². The van der Waals surface area contributed by atoms with E-state index in [1.165, 1.54) is 25.3 Å². The number of piperidine rings is 1. The van der Waals surface area contributed by atoms with Crippen LogP contribution in [0.5, 0.6) is 0 Å². The van der Waals surface area contributed by atoms with Gasteiger partial charge >= 0.3 is 0 Å². The zero-order valence-corrected chi connectivity index (χ0v) is 12.5. The molecule has 0 radical (unpaired) electrons. The fourth-order valence-corrected chi connectivity index (χ4v) is 3.66. The summed E-state index contributed by atoms with van der Waals surface area (Å²) >= 11 is 0. The second-order valence-corrected chi connectivity index (χ2v) is 6.42. The Morgan fingerprint density at radius 3 is 2.90 bits per heavy atom. The first kappa shape index (κ1) is 14.5. The minimum absolute atomic E-state index is 0.108. The van der Waals surface area contributed by atoms with Crippen LogP contribution in [0, 0.1) is 18.7 Å². The molecule has 3 atom stereocenters. The van der Waals surface area contributed by atoms with Crippen LogP contribution in [0.2, 0.25) is 0 Å². The predicted octanol–water partition coefficient (Wildman–Crippen LogP) is 3.38. The van der Waals surface area contributed by atoms with E-state index in [4.69, 9.17) is 0 Å². The monoisotopic (exact) mass is 290 g/mol. The van der Waals surface area contributed by atoms with Crippen LogP contribution in [0.25, 0.3) is 0 Å². The molecule has 2 aliphatic rings. The summed E-state index contributed by atoms with van der Waals surface area (Å²) in [4.78, 5) is 12.4. The van der Waals surface area contributed by atoms with E-state index in [1.807, 2.05) is 6.92 Å². The van der Waals surface area contributed by atoms with E-state index >= 15 is 0 Å². The molecule has 1 aromatic carbocycles. The smallest absolute Gasteiger partial charge is 0.241 e. The molecule has 2 fully saturated rings. The van der Waals surface area contributed by atoms with Crippen LogP contribution in [0.3, 0.4) is 0 Å². The Morgan fingerprint density at radius 1 is 1.24 bits per heavy atom. The number of carbonyl (C=O) groups excluding carboxylic acids is 1. The maximum Gasteiger partial charge on any atom is 0.241 e. The number of nitrogens with one attached hydrogen (secondary N) is 2. The lowest BCUT2D eigenvalue weighted by molar-refractivity contribution is -0.119. The van der Waals surface area contributed by atoms with Crippen molar-refractivity contribution in [3.05, 3.63) is 29.6 Å². The number of hydrogen-bond acceptors (Lipinski definition) is 2. The van der Waals surface area contributed by atoms with Gasteiger partial charge < -0.3 is 10.6 Å². The van der Waals surface area contributed by atoms with Crippen molar-refractivity contribution in [3.8, 4) is 0 Å². The maximum absolute atomic E-state index is 13.7. The Morgan fingerprint density at radius 2 is 2.05 bits per heavy atom. The summed E-state index contributed by atoms with van der Waals surface area (Å²) in [5.41, 5.74) is 1.23. The van der Waals surface area contributed by atoms with Gasteiger partial charge in [0.05, 0.1) is 11.7 Å². The first-order chi connectivity index (χ1) is 10.1. The lowest BCUT2D eigenvalue weighted by Gasteiger charge is -2.39. The Kier molecular flexibility index (Phi) is 4.24. The number of carbonyl (C=O) groups is 1. The zero-order valence-electron chi connectivity index (χ0n) is 12.5. The van der Waals surface area contributed by atoms with Gasteiger partial charge in [0, 0.05) is 6.04 Å². The number of anilines is 1. The highest BCUT2D eigenvalue weighted by Crippen LogP contribution is 2.32. The molecular formula is C17H23FN2O. The Hall–Kier alpha value is -1.42. The van der Waals surface area contributed by atoms with Crippen molar-refractivity contribution in [3.63, 3.8) is 0 Å². The van der Waals surface area contributed by atoms with E-state index in [0.717, 1.165) is 30.7 Å². The van der Waals surface area contributed by atoms with Crippen LogP contribution in [0.4, 0.5) is 10.1 Å². The number of benzene rings is 1. The lowest BCUT2D eigenvalue weighted by Crippen LogP contribution is -2.53. The molecule has 3 rings (SSSR count). The van der Waals surface area contributed by atoms with Crippen LogP contribution >= 0.6 is 0 Å². The SMILES string of the molecule is Cc1ccc(F)c(NC(=O)C2CCC3CCCCC3N2)c1. The summed E-state index contributed by atoms with van der Waals surface area (Å²) in [5, 5.41) is 6.21. The summed E-state index contributed by atoms with van der Waals surface area (Å²) in [6.07, 6.45) is 6.95. The van der Waals surface area contributed by atoms with Crippen molar-refractivity contribution in [1.82, 2.24) is 5.32 Å². The van der Waals surface area contributed by atoms with Gasteiger partial charge in [-0.05, 0) is 56.2 Å². The van der Waals surface area contributed by atoms with Crippen LogP contribution in [-0.4, -0.2) is 18.0 Å². The van der Waals surface area contributed by atoms with Crippen molar-refractivity contribution in [2.75, 3.05) is 5.32 Å². The molecule has 1 saturated heterocycles. The van der Waals surface area contributed by atoms with Gasteiger partial charge in [0.25, 0.3) is 0 Å². The van der Waals surface area contributed by atoms with Crippen LogP contribution < -0.4 is 10.6 Å². The van der Waals surface area contributed by atoms with Crippen molar-refractivity contribution in [2.24, 2.45) is 5.92 Å². The van der Waals surface area contributed by atoms with E-state index in [-0.39, 0.29) is 23.5 Å². The Bertz CT molecular complexity index is 532. The summed E-state index contributed by atoms with van der Waals surface area (Å²) in [6, 6.07) is 5.06. The molecule has 1 saturated carbocycles. The minimum Gasteiger partial charge on any atom is -0.322 e. The topological polar surface area (TPSA) is 41.1 Å². The molecule has 4 heteroatoms. The fourth-order valence-electron chi connectivity index (χ4n) is 3.66. The first-order valence-corrected chi connectivity index (χ1v) is 7.96. The van der Waals surface area contributed by atoms with Crippen molar-refractivity contribution < 1.29 is 9.18 Å². The second kappa shape index (κ2) is 6.14. The molecule has 0 spiro atoms. The highest BCUT2D eigenvalue weighted by molar-refractivity contribution is 5.95. The molecule has 1 aliphatic heterocycles. The van der Waals surface area contributed by atoms with Crippen molar-refractivity contribution in [2.45, 2.75) is 57.5 Å². The molecule has 114 valence electrons. The largest absolute Gasteiger partial charge is 0.322 e. The summed E-state index contributed by atoms with van der Waals surface area (Å²) in [6.45, 7) is 1.89. The molecule has 1 heterocycles. The normalized spacial score (nSPS) is 28.8. The summed E-state index contributed by atoms with van der Waals surface area (Å²) in [7, 11) is 0. The van der Waals surface area contributed by atoms with Crippen molar-refractivity contribution in [1.29, 1.82) is 0 Å². The van der Waals surface area contributed by atoms with Crippen LogP contribution in [0.1, 0.15) is 44.1 Å². The first-order valence-electron chi connectivity index (χ1n) is 7.96. The molecule has 0 bridgehead atoms. The molecule has 2 N–H and O–H groups in total. The van der Waals surface area contributed by atoms with Gasteiger partial charge in [-0.1, -0.05) is 18.9 Å². The molecule has 21 heavy (non-hydrogen) atoms. The van der Waals surface area contributed by atoms with E-state index < -0.39 is 0 Å². The highest BCUT2D eigenvalue weighted by atomic mass is 19.1. The van der Waals surface area contributed by atoms with Gasteiger partial charge in [-0.15, -0.1) is 0 Å². The third kappa shape index (κ3) is 3.26.